The summed E-state index contributed by atoms with van der Waals surface area (Å²) in [4.78, 5) is 0. The zero-order chi connectivity index (χ0) is 9.26. The highest BCUT2D eigenvalue weighted by Gasteiger charge is 2.02. The first-order chi connectivity index (χ1) is 6.25. The van der Waals surface area contributed by atoms with Gasteiger partial charge in [0.15, 0.2) is 5.15 Å². The van der Waals surface area contributed by atoms with Crippen LogP contribution in [0.5, 0.6) is 0 Å². The maximum atomic E-state index is 5.61. The third-order valence-corrected chi connectivity index (χ3v) is 1.81. The average molecular weight is 195 g/mol. The van der Waals surface area contributed by atoms with Crippen LogP contribution in [0.15, 0.2) is 24.4 Å². The third kappa shape index (κ3) is 1.67. The van der Waals surface area contributed by atoms with Crippen LogP contribution in [-0.2, 0) is 7.05 Å². The van der Waals surface area contributed by atoms with E-state index >= 15 is 0 Å². The molecule has 0 unspecified atom stereocenters. The molecule has 0 saturated heterocycles. The molecular formula is C8H7ClN4. The van der Waals surface area contributed by atoms with Crippen LogP contribution < -0.4 is 0 Å². The van der Waals surface area contributed by atoms with Gasteiger partial charge in [0.05, 0.1) is 0 Å². The Morgan fingerprint density at radius 2 is 2.00 bits per heavy atom. The van der Waals surface area contributed by atoms with Crippen molar-refractivity contribution in [3.05, 3.63) is 29.5 Å². The van der Waals surface area contributed by atoms with Gasteiger partial charge in [0.2, 0.25) is 0 Å². The first-order valence-electron chi connectivity index (χ1n) is 3.75. The van der Waals surface area contributed by atoms with Crippen molar-refractivity contribution in [1.29, 1.82) is 0 Å². The molecule has 0 N–H and O–H groups in total. The van der Waals surface area contributed by atoms with Crippen molar-refractivity contribution < 1.29 is 0 Å². The normalized spacial score (nSPS) is 10.3. The lowest BCUT2D eigenvalue weighted by Crippen LogP contribution is -1.91. The van der Waals surface area contributed by atoms with E-state index < -0.39 is 0 Å². The molecule has 0 saturated carbocycles. The van der Waals surface area contributed by atoms with Crippen LogP contribution in [0.1, 0.15) is 0 Å². The third-order valence-electron chi connectivity index (χ3n) is 1.61. The molecule has 0 atom stereocenters. The summed E-state index contributed by atoms with van der Waals surface area (Å²) in [5, 5.41) is 12.2. The van der Waals surface area contributed by atoms with E-state index in [1.54, 1.807) is 16.8 Å². The van der Waals surface area contributed by atoms with Gasteiger partial charge in [-0.15, -0.1) is 10.2 Å². The van der Waals surface area contributed by atoms with Gasteiger partial charge in [-0.25, -0.2) is 0 Å². The summed E-state index contributed by atoms with van der Waals surface area (Å²) in [5.41, 5.74) is 1.52. The minimum atomic E-state index is 0.389. The van der Waals surface area contributed by atoms with Crippen molar-refractivity contribution in [3.8, 4) is 11.4 Å². The maximum Gasteiger partial charge on any atom is 0.151 e. The number of nitrogens with zero attached hydrogens (tertiary/aromatic N) is 4. The highest BCUT2D eigenvalue weighted by molar-refractivity contribution is 6.29. The molecule has 0 bridgehead atoms. The smallest absolute Gasteiger partial charge is 0.151 e. The molecule has 5 heteroatoms. The van der Waals surface area contributed by atoms with E-state index in [1.807, 2.05) is 19.3 Å². The SMILES string of the molecule is Cn1ccc(-c2ccc(Cl)nn2)n1. The molecule has 2 aromatic heterocycles. The molecule has 0 fully saturated rings. The summed E-state index contributed by atoms with van der Waals surface area (Å²) in [7, 11) is 1.85. The van der Waals surface area contributed by atoms with E-state index in [0.29, 0.717) is 5.15 Å². The van der Waals surface area contributed by atoms with E-state index in [2.05, 4.69) is 15.3 Å². The molecular weight excluding hydrogens is 188 g/mol. The molecule has 0 aliphatic rings. The minimum Gasteiger partial charge on any atom is -0.275 e. The standard InChI is InChI=1S/C8H7ClN4/c1-13-5-4-7(12-13)6-2-3-8(9)11-10-6/h2-5H,1H3. The van der Waals surface area contributed by atoms with Gasteiger partial charge in [-0.2, -0.15) is 5.10 Å². The van der Waals surface area contributed by atoms with Gasteiger partial charge in [-0.1, -0.05) is 11.6 Å². The van der Waals surface area contributed by atoms with Crippen LogP contribution in [0, 0.1) is 0 Å². The second-order valence-electron chi connectivity index (χ2n) is 2.62. The van der Waals surface area contributed by atoms with Gasteiger partial charge in [0.25, 0.3) is 0 Å². The number of hydrogen-bond donors (Lipinski definition) is 0. The molecule has 66 valence electrons. The largest absolute Gasteiger partial charge is 0.275 e. The summed E-state index contributed by atoms with van der Waals surface area (Å²) >= 11 is 5.61. The van der Waals surface area contributed by atoms with Gasteiger partial charge in [-0.05, 0) is 18.2 Å². The topological polar surface area (TPSA) is 43.6 Å². The predicted octanol–water partition coefficient (Wildman–Crippen LogP) is 1.53. The number of aryl methyl sites for hydroxylation is 1. The van der Waals surface area contributed by atoms with Gasteiger partial charge in [-0.3, -0.25) is 4.68 Å². The fourth-order valence-electron chi connectivity index (χ4n) is 1.00. The summed E-state index contributed by atoms with van der Waals surface area (Å²) in [6, 6.07) is 5.36. The second kappa shape index (κ2) is 3.14. The fourth-order valence-corrected chi connectivity index (χ4v) is 1.11. The van der Waals surface area contributed by atoms with Crippen molar-refractivity contribution in [2.24, 2.45) is 7.05 Å². The Morgan fingerprint density at radius 1 is 1.15 bits per heavy atom. The lowest BCUT2D eigenvalue weighted by Gasteiger charge is -1.93. The summed E-state index contributed by atoms with van der Waals surface area (Å²) < 4.78 is 1.71. The quantitative estimate of drug-likeness (QED) is 0.692. The van der Waals surface area contributed by atoms with Crippen LogP contribution in [0.25, 0.3) is 11.4 Å². The monoisotopic (exact) mass is 194 g/mol. The minimum absolute atomic E-state index is 0.389. The van der Waals surface area contributed by atoms with Crippen molar-refractivity contribution >= 4 is 11.6 Å². The van der Waals surface area contributed by atoms with Crippen molar-refractivity contribution in [2.45, 2.75) is 0 Å². The second-order valence-corrected chi connectivity index (χ2v) is 3.00. The van der Waals surface area contributed by atoms with E-state index in [4.69, 9.17) is 11.6 Å². The molecule has 0 amide bonds. The molecule has 13 heavy (non-hydrogen) atoms. The van der Waals surface area contributed by atoms with Gasteiger partial charge in [0.1, 0.15) is 11.4 Å². The van der Waals surface area contributed by atoms with Gasteiger partial charge >= 0.3 is 0 Å². The molecule has 2 rings (SSSR count). The summed E-state index contributed by atoms with van der Waals surface area (Å²) in [6.45, 7) is 0. The number of aromatic nitrogens is 4. The molecule has 0 aliphatic carbocycles. The van der Waals surface area contributed by atoms with Crippen molar-refractivity contribution in [1.82, 2.24) is 20.0 Å². The number of halogens is 1. The van der Waals surface area contributed by atoms with Crippen LogP contribution >= 0.6 is 11.6 Å². The lowest BCUT2D eigenvalue weighted by molar-refractivity contribution is 0.769. The van der Waals surface area contributed by atoms with Crippen LogP contribution in [0.2, 0.25) is 5.15 Å². The molecule has 0 aromatic carbocycles. The van der Waals surface area contributed by atoms with Gasteiger partial charge in [0, 0.05) is 13.2 Å². The maximum absolute atomic E-state index is 5.61. The first-order valence-corrected chi connectivity index (χ1v) is 4.13. The fraction of sp³-hybridized carbons (Fsp3) is 0.125. The Balaban J connectivity index is 2.41. The molecule has 4 nitrogen and oxygen atoms in total. The highest BCUT2D eigenvalue weighted by Crippen LogP contribution is 2.13. The lowest BCUT2D eigenvalue weighted by atomic mass is 10.3. The van der Waals surface area contributed by atoms with Crippen molar-refractivity contribution in [3.63, 3.8) is 0 Å². The highest BCUT2D eigenvalue weighted by atomic mass is 35.5. The Kier molecular flexibility index (Phi) is 1.98. The molecule has 0 aliphatic heterocycles. The molecule has 2 heterocycles. The van der Waals surface area contributed by atoms with E-state index in [0.717, 1.165) is 11.4 Å². The van der Waals surface area contributed by atoms with E-state index in [-0.39, 0.29) is 0 Å². The van der Waals surface area contributed by atoms with Crippen LogP contribution in [-0.4, -0.2) is 20.0 Å². The van der Waals surface area contributed by atoms with Crippen molar-refractivity contribution in [2.75, 3.05) is 0 Å². The Morgan fingerprint density at radius 3 is 2.54 bits per heavy atom. The van der Waals surface area contributed by atoms with Crippen LogP contribution in [0.3, 0.4) is 0 Å². The van der Waals surface area contributed by atoms with E-state index in [9.17, 15) is 0 Å². The van der Waals surface area contributed by atoms with Gasteiger partial charge < -0.3 is 0 Å². The summed E-state index contributed by atoms with van der Waals surface area (Å²) in [6.07, 6.45) is 1.85. The molecule has 2 aromatic rings. The van der Waals surface area contributed by atoms with E-state index in [1.165, 1.54) is 0 Å². The Hall–Kier alpha value is -1.42. The number of rotatable bonds is 1. The van der Waals surface area contributed by atoms with Crippen LogP contribution in [0.4, 0.5) is 0 Å². The Bertz CT molecular complexity index is 406. The molecule has 0 spiro atoms. The first kappa shape index (κ1) is 8.19. The molecule has 0 radical (unpaired) electrons. The Labute approximate surface area is 80.2 Å². The predicted molar refractivity (Wildman–Crippen MR) is 49.2 cm³/mol. The zero-order valence-electron chi connectivity index (χ0n) is 6.98. The number of hydrogen-bond acceptors (Lipinski definition) is 3. The summed E-state index contributed by atoms with van der Waals surface area (Å²) in [5.74, 6) is 0. The average Bonchev–Trinajstić information content (AvgIpc) is 2.53. The zero-order valence-corrected chi connectivity index (χ0v) is 7.73.